The maximum absolute atomic E-state index is 11.1. The van der Waals surface area contributed by atoms with Gasteiger partial charge in [0.05, 0.1) is 5.52 Å². The number of benzene rings is 1. The van der Waals surface area contributed by atoms with Crippen LogP contribution in [-0.4, -0.2) is 28.9 Å². The van der Waals surface area contributed by atoms with Gasteiger partial charge in [-0.15, -0.1) is 0 Å². The Kier molecular flexibility index (Phi) is 3.15. The summed E-state index contributed by atoms with van der Waals surface area (Å²) in [5.41, 5.74) is 1.81. The second-order valence-corrected chi connectivity index (χ2v) is 4.22. The molecule has 17 heavy (non-hydrogen) atoms. The summed E-state index contributed by atoms with van der Waals surface area (Å²) in [6.45, 7) is 2.08. The van der Waals surface area contributed by atoms with Gasteiger partial charge in [0.25, 0.3) is 0 Å². The number of nitrogens with zero attached hydrogens (tertiary/aromatic N) is 1. The van der Waals surface area contributed by atoms with Crippen molar-refractivity contribution in [3.05, 3.63) is 36.0 Å². The minimum absolute atomic E-state index is 0.322. The molecule has 1 aromatic heterocycles. The first-order chi connectivity index (χ1) is 8.13. The van der Waals surface area contributed by atoms with Crippen LogP contribution in [0.25, 0.3) is 10.9 Å². The summed E-state index contributed by atoms with van der Waals surface area (Å²) in [6.07, 6.45) is 1.59. The van der Waals surface area contributed by atoms with E-state index in [0.29, 0.717) is 6.04 Å². The molecule has 0 saturated heterocycles. The molecule has 0 aliphatic heterocycles. The molecule has 4 heteroatoms. The monoisotopic (exact) mass is 232 g/mol. The summed E-state index contributed by atoms with van der Waals surface area (Å²) in [5.74, 6) is 0. The first-order valence-corrected chi connectivity index (χ1v) is 5.63. The lowest BCUT2D eigenvalue weighted by molar-refractivity contribution is 0.197. The molecule has 90 valence electrons. The Morgan fingerprint density at radius 2 is 2.18 bits per heavy atom. The normalized spacial score (nSPS) is 12.8. The average Bonchev–Trinajstić information content (AvgIpc) is 2.68. The van der Waals surface area contributed by atoms with Crippen molar-refractivity contribution in [1.29, 1.82) is 0 Å². The van der Waals surface area contributed by atoms with Gasteiger partial charge in [0, 0.05) is 17.6 Å². The lowest BCUT2D eigenvalue weighted by atomic mass is 10.1. The number of nitrogens with one attached hydrogen (secondary N) is 1. The Morgan fingerprint density at radius 1 is 1.47 bits per heavy atom. The van der Waals surface area contributed by atoms with Crippen LogP contribution in [0, 0.1) is 0 Å². The van der Waals surface area contributed by atoms with Crippen LogP contribution in [0.15, 0.2) is 30.5 Å². The maximum atomic E-state index is 11.1. The first-order valence-electron chi connectivity index (χ1n) is 5.63. The molecule has 1 atom stereocenters. The van der Waals surface area contributed by atoms with Crippen LogP contribution in [0.5, 0.6) is 0 Å². The summed E-state index contributed by atoms with van der Waals surface area (Å²) < 4.78 is 1.28. The van der Waals surface area contributed by atoms with Crippen LogP contribution in [0.3, 0.4) is 0 Å². The van der Waals surface area contributed by atoms with E-state index in [-0.39, 0.29) is 0 Å². The van der Waals surface area contributed by atoms with E-state index in [1.165, 1.54) is 4.57 Å². The van der Waals surface area contributed by atoms with Gasteiger partial charge in [0.1, 0.15) is 0 Å². The summed E-state index contributed by atoms with van der Waals surface area (Å²) >= 11 is 0. The quantitative estimate of drug-likeness (QED) is 0.853. The summed E-state index contributed by atoms with van der Waals surface area (Å²) in [5, 5.41) is 13.3. The molecule has 1 aromatic carbocycles. The summed E-state index contributed by atoms with van der Waals surface area (Å²) in [7, 11) is 1.90. The highest BCUT2D eigenvalue weighted by Crippen LogP contribution is 2.22. The van der Waals surface area contributed by atoms with Gasteiger partial charge in [-0.3, -0.25) is 4.57 Å². The molecular weight excluding hydrogens is 216 g/mol. The van der Waals surface area contributed by atoms with E-state index in [9.17, 15) is 4.79 Å². The van der Waals surface area contributed by atoms with E-state index in [2.05, 4.69) is 12.2 Å². The third-order valence-corrected chi connectivity index (χ3v) is 3.02. The molecule has 0 aliphatic rings. The van der Waals surface area contributed by atoms with Gasteiger partial charge in [-0.05, 0) is 32.0 Å². The van der Waals surface area contributed by atoms with Crippen LogP contribution < -0.4 is 5.32 Å². The van der Waals surface area contributed by atoms with Crippen LogP contribution in [0.4, 0.5) is 4.79 Å². The fourth-order valence-corrected chi connectivity index (χ4v) is 2.00. The number of hydrogen-bond acceptors (Lipinski definition) is 2. The largest absolute Gasteiger partial charge is 0.464 e. The predicted octanol–water partition coefficient (Wildman–Crippen LogP) is 2.32. The zero-order chi connectivity index (χ0) is 12.4. The highest BCUT2D eigenvalue weighted by atomic mass is 16.4. The van der Waals surface area contributed by atoms with Gasteiger partial charge >= 0.3 is 6.09 Å². The number of fused-ring (bicyclic) bond motifs is 1. The lowest BCUT2D eigenvalue weighted by Crippen LogP contribution is -2.23. The molecule has 0 unspecified atom stereocenters. The molecule has 0 fully saturated rings. The van der Waals surface area contributed by atoms with Crippen molar-refractivity contribution in [2.24, 2.45) is 0 Å². The van der Waals surface area contributed by atoms with Crippen molar-refractivity contribution in [2.45, 2.75) is 19.4 Å². The van der Waals surface area contributed by atoms with Gasteiger partial charge < -0.3 is 10.4 Å². The van der Waals surface area contributed by atoms with Crippen LogP contribution in [0.2, 0.25) is 0 Å². The van der Waals surface area contributed by atoms with Gasteiger partial charge in [-0.1, -0.05) is 18.2 Å². The molecule has 0 aliphatic carbocycles. The molecular formula is C13H16N2O2. The van der Waals surface area contributed by atoms with Crippen molar-refractivity contribution in [3.8, 4) is 0 Å². The number of hydrogen-bond donors (Lipinski definition) is 2. The molecule has 4 nitrogen and oxygen atoms in total. The molecule has 0 saturated carbocycles. The van der Waals surface area contributed by atoms with Crippen molar-refractivity contribution < 1.29 is 9.90 Å². The fourth-order valence-electron chi connectivity index (χ4n) is 2.00. The Morgan fingerprint density at radius 3 is 2.82 bits per heavy atom. The SMILES string of the molecule is CN[C@H](C)Cc1cn(C(=O)O)c2ccccc12. The number of likely N-dealkylation sites (N-methyl/N-ethyl adjacent to an activating group) is 1. The smallest absolute Gasteiger partial charge is 0.416 e. The Balaban J connectivity index is 2.52. The van der Waals surface area contributed by atoms with E-state index in [1.54, 1.807) is 6.20 Å². The number of rotatable bonds is 3. The maximum Gasteiger partial charge on any atom is 0.416 e. The van der Waals surface area contributed by atoms with E-state index in [0.717, 1.165) is 22.9 Å². The Hall–Kier alpha value is -1.81. The van der Waals surface area contributed by atoms with Gasteiger partial charge in [-0.2, -0.15) is 0 Å². The summed E-state index contributed by atoms with van der Waals surface area (Å²) in [6, 6.07) is 7.90. The van der Waals surface area contributed by atoms with Crippen LogP contribution in [0.1, 0.15) is 12.5 Å². The second-order valence-electron chi connectivity index (χ2n) is 4.22. The molecule has 0 amide bonds. The fraction of sp³-hybridized carbons (Fsp3) is 0.308. The van der Waals surface area contributed by atoms with Crippen LogP contribution in [-0.2, 0) is 6.42 Å². The van der Waals surface area contributed by atoms with E-state index < -0.39 is 6.09 Å². The second kappa shape index (κ2) is 4.59. The molecule has 2 rings (SSSR count). The van der Waals surface area contributed by atoms with Crippen molar-refractivity contribution in [3.63, 3.8) is 0 Å². The van der Waals surface area contributed by atoms with Crippen molar-refractivity contribution in [1.82, 2.24) is 9.88 Å². The standard InChI is InChI=1S/C13H16N2O2/c1-9(14-2)7-10-8-15(13(16)17)12-6-4-3-5-11(10)12/h3-6,8-9,14H,7H2,1-2H3,(H,16,17)/t9-/m1/s1. The molecule has 1 heterocycles. The molecule has 0 spiro atoms. The molecule has 0 bridgehead atoms. The number of carbonyl (C=O) groups is 1. The highest BCUT2D eigenvalue weighted by Gasteiger charge is 2.13. The minimum Gasteiger partial charge on any atom is -0.464 e. The van der Waals surface area contributed by atoms with Gasteiger partial charge in [0.2, 0.25) is 0 Å². The molecule has 0 radical (unpaired) electrons. The summed E-state index contributed by atoms with van der Waals surface area (Å²) in [4.78, 5) is 11.1. The molecule has 2 N–H and O–H groups in total. The molecule has 2 aromatic rings. The van der Waals surface area contributed by atoms with Crippen molar-refractivity contribution >= 4 is 17.0 Å². The average molecular weight is 232 g/mol. The van der Waals surface area contributed by atoms with Gasteiger partial charge in [-0.25, -0.2) is 4.79 Å². The Labute approximate surface area is 99.9 Å². The number of para-hydroxylation sites is 1. The Bertz CT molecular complexity index is 545. The van der Waals surface area contributed by atoms with Crippen LogP contribution >= 0.6 is 0 Å². The lowest BCUT2D eigenvalue weighted by Gasteiger charge is -2.08. The number of carboxylic acid groups (broad SMARTS) is 1. The van der Waals surface area contributed by atoms with E-state index in [1.807, 2.05) is 31.3 Å². The zero-order valence-electron chi connectivity index (χ0n) is 9.97. The third-order valence-electron chi connectivity index (χ3n) is 3.02. The van der Waals surface area contributed by atoms with Gasteiger partial charge in [0.15, 0.2) is 0 Å². The van der Waals surface area contributed by atoms with E-state index >= 15 is 0 Å². The highest BCUT2D eigenvalue weighted by molar-refractivity contribution is 5.91. The predicted molar refractivity (Wildman–Crippen MR) is 67.6 cm³/mol. The minimum atomic E-state index is -0.940. The van der Waals surface area contributed by atoms with E-state index in [4.69, 9.17) is 5.11 Å². The topological polar surface area (TPSA) is 54.3 Å². The number of aromatic nitrogens is 1. The zero-order valence-corrected chi connectivity index (χ0v) is 9.97. The first kappa shape index (κ1) is 11.7. The van der Waals surface area contributed by atoms with Crippen molar-refractivity contribution in [2.75, 3.05) is 7.05 Å². The third kappa shape index (κ3) is 2.17.